The number of hydrogen-bond acceptors (Lipinski definition) is 3. The summed E-state index contributed by atoms with van der Waals surface area (Å²) >= 11 is 0. The first-order chi connectivity index (χ1) is 7.31. The average molecular weight is 204 g/mol. The molecule has 0 unspecified atom stereocenters. The maximum Gasteiger partial charge on any atom is 0.0991 e. The summed E-state index contributed by atoms with van der Waals surface area (Å²) in [6, 6.07) is 9.53. The van der Waals surface area contributed by atoms with E-state index in [2.05, 4.69) is 17.9 Å². The van der Waals surface area contributed by atoms with Crippen LogP contribution in [0.3, 0.4) is 0 Å². The molecule has 80 valence electrons. The highest BCUT2D eigenvalue weighted by Gasteiger charge is 2.03. The monoisotopic (exact) mass is 204 g/mol. The molecule has 0 heterocycles. The first-order valence-corrected chi connectivity index (χ1v) is 5.17. The van der Waals surface area contributed by atoms with Gasteiger partial charge in [0, 0.05) is 18.8 Å². The molecule has 0 saturated heterocycles. The van der Waals surface area contributed by atoms with Crippen LogP contribution < -0.4 is 4.90 Å². The molecule has 0 fully saturated rings. The number of nitriles is 1. The number of aliphatic hydroxyl groups excluding tert-OH is 1. The molecule has 0 aliphatic carbocycles. The fourth-order valence-electron chi connectivity index (χ4n) is 1.51. The molecule has 15 heavy (non-hydrogen) atoms. The maximum atomic E-state index is 8.93. The standard InChI is InChI=1S/C12H16N2O/c1-2-7-14(8-9-15)12-5-3-11(10-13)4-6-12/h3-6,15H,2,7-9H2,1H3. The first kappa shape index (κ1) is 11.5. The highest BCUT2D eigenvalue weighted by atomic mass is 16.3. The zero-order chi connectivity index (χ0) is 11.1. The molecule has 1 aromatic carbocycles. The van der Waals surface area contributed by atoms with Crippen LogP contribution in [-0.2, 0) is 0 Å². The molecular weight excluding hydrogens is 188 g/mol. The first-order valence-electron chi connectivity index (χ1n) is 5.17. The lowest BCUT2D eigenvalue weighted by molar-refractivity contribution is 0.302. The number of aliphatic hydroxyl groups is 1. The molecule has 0 spiro atoms. The van der Waals surface area contributed by atoms with Crippen molar-refractivity contribution in [3.05, 3.63) is 29.8 Å². The molecule has 0 amide bonds. The highest BCUT2D eigenvalue weighted by Crippen LogP contribution is 2.14. The topological polar surface area (TPSA) is 47.3 Å². The molecule has 3 heteroatoms. The number of benzene rings is 1. The normalized spacial score (nSPS) is 9.67. The molecule has 0 aliphatic heterocycles. The van der Waals surface area contributed by atoms with Gasteiger partial charge in [-0.3, -0.25) is 0 Å². The Morgan fingerprint density at radius 1 is 1.27 bits per heavy atom. The van der Waals surface area contributed by atoms with Gasteiger partial charge >= 0.3 is 0 Å². The smallest absolute Gasteiger partial charge is 0.0991 e. The van der Waals surface area contributed by atoms with E-state index in [0.29, 0.717) is 12.1 Å². The number of anilines is 1. The summed E-state index contributed by atoms with van der Waals surface area (Å²) in [7, 11) is 0. The van der Waals surface area contributed by atoms with Gasteiger partial charge in [0.2, 0.25) is 0 Å². The zero-order valence-electron chi connectivity index (χ0n) is 8.98. The van der Waals surface area contributed by atoms with E-state index in [1.54, 1.807) is 12.1 Å². The summed E-state index contributed by atoms with van der Waals surface area (Å²) in [5.41, 5.74) is 1.73. The van der Waals surface area contributed by atoms with E-state index in [1.807, 2.05) is 12.1 Å². The van der Waals surface area contributed by atoms with Gasteiger partial charge < -0.3 is 10.0 Å². The van der Waals surface area contributed by atoms with Gasteiger partial charge in [-0.2, -0.15) is 5.26 Å². The molecule has 1 rings (SSSR count). The number of rotatable bonds is 5. The fourth-order valence-corrected chi connectivity index (χ4v) is 1.51. The molecule has 0 atom stereocenters. The van der Waals surface area contributed by atoms with Crippen LogP contribution >= 0.6 is 0 Å². The Balaban J connectivity index is 2.77. The molecule has 0 saturated carbocycles. The predicted molar refractivity (Wildman–Crippen MR) is 60.7 cm³/mol. The van der Waals surface area contributed by atoms with Gasteiger partial charge in [0.25, 0.3) is 0 Å². The number of nitrogens with zero attached hydrogens (tertiary/aromatic N) is 2. The van der Waals surface area contributed by atoms with E-state index < -0.39 is 0 Å². The quantitative estimate of drug-likeness (QED) is 0.795. The van der Waals surface area contributed by atoms with Crippen LogP contribution in [0.2, 0.25) is 0 Å². The fraction of sp³-hybridized carbons (Fsp3) is 0.417. The van der Waals surface area contributed by atoms with Crippen molar-refractivity contribution in [1.82, 2.24) is 0 Å². The van der Waals surface area contributed by atoms with Crippen LogP contribution in [0.4, 0.5) is 5.69 Å². The highest BCUT2D eigenvalue weighted by molar-refractivity contribution is 5.49. The lowest BCUT2D eigenvalue weighted by atomic mass is 10.2. The van der Waals surface area contributed by atoms with Crippen LogP contribution in [0.25, 0.3) is 0 Å². The Hall–Kier alpha value is -1.53. The van der Waals surface area contributed by atoms with Gasteiger partial charge in [-0.1, -0.05) is 6.92 Å². The van der Waals surface area contributed by atoms with E-state index in [4.69, 9.17) is 10.4 Å². The van der Waals surface area contributed by atoms with E-state index in [1.165, 1.54) is 0 Å². The van der Waals surface area contributed by atoms with Gasteiger partial charge in [-0.25, -0.2) is 0 Å². The molecule has 1 aromatic rings. The Morgan fingerprint density at radius 3 is 2.40 bits per heavy atom. The Morgan fingerprint density at radius 2 is 1.93 bits per heavy atom. The van der Waals surface area contributed by atoms with Crippen molar-refractivity contribution in [3.63, 3.8) is 0 Å². The van der Waals surface area contributed by atoms with Crippen LogP contribution in [0.15, 0.2) is 24.3 Å². The molecular formula is C12H16N2O. The van der Waals surface area contributed by atoms with Crippen LogP contribution in [0.5, 0.6) is 0 Å². The SMILES string of the molecule is CCCN(CCO)c1ccc(C#N)cc1. The summed E-state index contributed by atoms with van der Waals surface area (Å²) in [6.45, 7) is 3.82. The van der Waals surface area contributed by atoms with Gasteiger partial charge in [0.05, 0.1) is 18.2 Å². The Kier molecular flexibility index (Phi) is 4.65. The lowest BCUT2D eigenvalue weighted by Gasteiger charge is -2.23. The van der Waals surface area contributed by atoms with Crippen molar-refractivity contribution in [3.8, 4) is 6.07 Å². The minimum absolute atomic E-state index is 0.153. The minimum Gasteiger partial charge on any atom is -0.395 e. The second-order valence-corrected chi connectivity index (χ2v) is 3.37. The third-order valence-corrected chi connectivity index (χ3v) is 2.22. The summed E-state index contributed by atoms with van der Waals surface area (Å²) in [5, 5.41) is 17.6. The maximum absolute atomic E-state index is 8.93. The van der Waals surface area contributed by atoms with Gasteiger partial charge in [0.15, 0.2) is 0 Å². The average Bonchev–Trinajstić information content (AvgIpc) is 2.29. The minimum atomic E-state index is 0.153. The van der Waals surface area contributed by atoms with E-state index in [9.17, 15) is 0 Å². The zero-order valence-corrected chi connectivity index (χ0v) is 8.98. The predicted octanol–water partition coefficient (Wildman–Crippen LogP) is 1.77. The van der Waals surface area contributed by atoms with E-state index in [0.717, 1.165) is 18.7 Å². The van der Waals surface area contributed by atoms with Crippen molar-refractivity contribution in [2.45, 2.75) is 13.3 Å². The summed E-state index contributed by atoms with van der Waals surface area (Å²) in [6.07, 6.45) is 1.04. The summed E-state index contributed by atoms with van der Waals surface area (Å²) in [4.78, 5) is 2.11. The molecule has 0 aromatic heterocycles. The van der Waals surface area contributed by atoms with Crippen molar-refractivity contribution >= 4 is 5.69 Å². The van der Waals surface area contributed by atoms with Crippen molar-refractivity contribution in [2.75, 3.05) is 24.6 Å². The largest absolute Gasteiger partial charge is 0.395 e. The van der Waals surface area contributed by atoms with Gasteiger partial charge in [0.1, 0.15) is 0 Å². The van der Waals surface area contributed by atoms with Crippen LogP contribution in [-0.4, -0.2) is 24.8 Å². The molecule has 0 radical (unpaired) electrons. The molecule has 3 nitrogen and oxygen atoms in total. The summed E-state index contributed by atoms with van der Waals surface area (Å²) in [5.74, 6) is 0. The van der Waals surface area contributed by atoms with Crippen LogP contribution in [0.1, 0.15) is 18.9 Å². The summed E-state index contributed by atoms with van der Waals surface area (Å²) < 4.78 is 0. The third kappa shape index (κ3) is 3.26. The van der Waals surface area contributed by atoms with Gasteiger partial charge in [-0.05, 0) is 30.7 Å². The van der Waals surface area contributed by atoms with Crippen LogP contribution in [0, 0.1) is 11.3 Å². The second-order valence-electron chi connectivity index (χ2n) is 3.37. The van der Waals surface area contributed by atoms with E-state index in [-0.39, 0.29) is 6.61 Å². The van der Waals surface area contributed by atoms with Crippen molar-refractivity contribution < 1.29 is 5.11 Å². The van der Waals surface area contributed by atoms with E-state index >= 15 is 0 Å². The molecule has 1 N–H and O–H groups in total. The number of hydrogen-bond donors (Lipinski definition) is 1. The third-order valence-electron chi connectivity index (χ3n) is 2.22. The molecule has 0 aliphatic rings. The molecule has 0 bridgehead atoms. The Bertz CT molecular complexity index is 320. The Labute approximate surface area is 90.6 Å². The van der Waals surface area contributed by atoms with Crippen molar-refractivity contribution in [2.24, 2.45) is 0 Å². The van der Waals surface area contributed by atoms with Crippen molar-refractivity contribution in [1.29, 1.82) is 5.26 Å². The lowest BCUT2D eigenvalue weighted by Crippen LogP contribution is -2.27. The van der Waals surface area contributed by atoms with Gasteiger partial charge in [-0.15, -0.1) is 0 Å². The second kappa shape index (κ2) is 6.05.